The minimum atomic E-state index is -0.947. The van der Waals surface area contributed by atoms with Gasteiger partial charge >= 0.3 is 0 Å². The molecule has 3 rings (SSSR count). The molecule has 0 aromatic heterocycles. The third-order valence-corrected chi connectivity index (χ3v) is 6.30. The van der Waals surface area contributed by atoms with Crippen LogP contribution in [0.1, 0.15) is 74.5 Å². The van der Waals surface area contributed by atoms with Gasteiger partial charge in [-0.15, -0.1) is 0 Å². The zero-order chi connectivity index (χ0) is 22.4. The zero-order valence-electron chi connectivity index (χ0n) is 18.2. The van der Waals surface area contributed by atoms with E-state index in [-0.39, 0.29) is 23.1 Å². The van der Waals surface area contributed by atoms with Crippen LogP contribution in [0, 0.1) is 29.2 Å². The van der Waals surface area contributed by atoms with Gasteiger partial charge in [-0.05, 0) is 67.6 Å². The van der Waals surface area contributed by atoms with Crippen molar-refractivity contribution in [1.82, 2.24) is 0 Å². The van der Waals surface area contributed by atoms with Crippen molar-refractivity contribution in [2.45, 2.75) is 64.2 Å². The first-order chi connectivity index (χ1) is 15.0. The van der Waals surface area contributed by atoms with Crippen LogP contribution in [0.2, 0.25) is 0 Å². The number of methoxy groups -OCH3 is 1. The average Bonchev–Trinajstić information content (AvgIpc) is 2.78. The molecule has 0 bridgehead atoms. The highest BCUT2D eigenvalue weighted by atomic mass is 19.2. The van der Waals surface area contributed by atoms with Gasteiger partial charge in [0, 0.05) is 5.56 Å². The third kappa shape index (κ3) is 5.50. The Kier molecular flexibility index (Phi) is 8.16. The van der Waals surface area contributed by atoms with Crippen LogP contribution in [0.3, 0.4) is 0 Å². The third-order valence-electron chi connectivity index (χ3n) is 6.30. The molecule has 1 saturated carbocycles. The van der Waals surface area contributed by atoms with E-state index in [0.29, 0.717) is 30.4 Å². The monoisotopic (exact) mass is 434 g/mol. The molecular formula is C26H30F4O. The van der Waals surface area contributed by atoms with Crippen molar-refractivity contribution in [3.8, 4) is 5.75 Å². The molecule has 0 saturated heterocycles. The number of rotatable bonds is 8. The van der Waals surface area contributed by atoms with Gasteiger partial charge in [0.25, 0.3) is 0 Å². The number of allylic oxidation sites excluding steroid dienone is 1. The second-order valence-corrected chi connectivity index (χ2v) is 8.35. The Hall–Kier alpha value is -2.30. The van der Waals surface area contributed by atoms with Gasteiger partial charge in [0.1, 0.15) is 0 Å². The highest BCUT2D eigenvalue weighted by molar-refractivity contribution is 5.51. The Morgan fingerprint density at radius 3 is 2.29 bits per heavy atom. The molecule has 0 radical (unpaired) electrons. The molecule has 0 aliphatic heterocycles. The number of aryl methyl sites for hydroxylation is 1. The molecule has 2 aromatic carbocycles. The number of halogens is 4. The van der Waals surface area contributed by atoms with Crippen LogP contribution in [0.25, 0.3) is 6.08 Å². The van der Waals surface area contributed by atoms with E-state index in [1.165, 1.54) is 13.2 Å². The molecule has 0 spiro atoms. The molecule has 2 aromatic rings. The smallest absolute Gasteiger partial charge is 0.200 e. The van der Waals surface area contributed by atoms with Crippen molar-refractivity contribution in [2.75, 3.05) is 7.11 Å². The lowest BCUT2D eigenvalue weighted by Gasteiger charge is -2.27. The van der Waals surface area contributed by atoms with E-state index in [0.717, 1.165) is 32.1 Å². The van der Waals surface area contributed by atoms with E-state index in [2.05, 4.69) is 6.92 Å². The van der Waals surface area contributed by atoms with Crippen LogP contribution < -0.4 is 4.74 Å². The predicted octanol–water partition coefficient (Wildman–Crippen LogP) is 7.97. The van der Waals surface area contributed by atoms with Gasteiger partial charge in [0.2, 0.25) is 5.82 Å². The fraction of sp³-hybridized carbons (Fsp3) is 0.462. The fourth-order valence-electron chi connectivity index (χ4n) is 4.37. The fourth-order valence-corrected chi connectivity index (χ4v) is 4.37. The molecule has 0 N–H and O–H groups in total. The summed E-state index contributed by atoms with van der Waals surface area (Å²) in [6.07, 6.45) is 9.99. The van der Waals surface area contributed by atoms with E-state index in [4.69, 9.17) is 4.74 Å². The first-order valence-corrected chi connectivity index (χ1v) is 11.1. The van der Waals surface area contributed by atoms with Crippen molar-refractivity contribution >= 4 is 6.08 Å². The molecule has 0 amide bonds. The van der Waals surface area contributed by atoms with Gasteiger partial charge in [0.05, 0.1) is 7.11 Å². The number of hydrogen-bond donors (Lipinski definition) is 0. The number of unbranched alkanes of at least 4 members (excludes halogenated alkanes) is 2. The number of ether oxygens (including phenoxy) is 1. The molecule has 0 atom stereocenters. The van der Waals surface area contributed by atoms with Crippen LogP contribution >= 0.6 is 0 Å². The summed E-state index contributed by atoms with van der Waals surface area (Å²) >= 11 is 0. The second-order valence-electron chi connectivity index (χ2n) is 8.35. The lowest BCUT2D eigenvalue weighted by atomic mass is 9.78. The summed E-state index contributed by atoms with van der Waals surface area (Å²) in [5, 5.41) is 0. The lowest BCUT2D eigenvalue weighted by molar-refractivity contribution is 0.350. The van der Waals surface area contributed by atoms with E-state index in [9.17, 15) is 17.6 Å². The summed E-state index contributed by atoms with van der Waals surface area (Å²) in [7, 11) is 1.31. The highest BCUT2D eigenvalue weighted by Gasteiger charge is 2.25. The normalized spacial score (nSPS) is 19.2. The first kappa shape index (κ1) is 23.4. The summed E-state index contributed by atoms with van der Waals surface area (Å²) in [4.78, 5) is 0. The molecule has 168 valence electrons. The van der Waals surface area contributed by atoms with E-state index in [1.807, 2.05) is 6.08 Å². The second kappa shape index (κ2) is 10.8. The Bertz CT molecular complexity index is 914. The quantitative estimate of drug-likeness (QED) is 0.302. The molecule has 31 heavy (non-hydrogen) atoms. The van der Waals surface area contributed by atoms with Gasteiger partial charge in [-0.2, -0.15) is 4.39 Å². The molecule has 0 heterocycles. The van der Waals surface area contributed by atoms with Crippen molar-refractivity contribution in [1.29, 1.82) is 0 Å². The van der Waals surface area contributed by atoms with Crippen molar-refractivity contribution < 1.29 is 22.3 Å². The van der Waals surface area contributed by atoms with Gasteiger partial charge in [-0.3, -0.25) is 0 Å². The predicted molar refractivity (Wildman–Crippen MR) is 116 cm³/mol. The first-order valence-electron chi connectivity index (χ1n) is 11.1. The van der Waals surface area contributed by atoms with Crippen molar-refractivity contribution in [2.24, 2.45) is 5.92 Å². The summed E-state index contributed by atoms with van der Waals surface area (Å²) in [5.41, 5.74) is 1.06. The van der Waals surface area contributed by atoms with Crippen LogP contribution in [0.5, 0.6) is 5.75 Å². The minimum Gasteiger partial charge on any atom is -0.494 e. The SMILES string of the molecule is CCCCCc1ccc(C=CC2CCC(c3ccc(OC)c(F)c3F)CC2)c(F)c1F. The van der Waals surface area contributed by atoms with Crippen LogP contribution in [-0.4, -0.2) is 7.11 Å². The van der Waals surface area contributed by atoms with E-state index >= 15 is 0 Å². The summed E-state index contributed by atoms with van der Waals surface area (Å²) in [5.74, 6) is -3.28. The summed E-state index contributed by atoms with van der Waals surface area (Å²) in [6, 6.07) is 6.37. The van der Waals surface area contributed by atoms with Crippen LogP contribution in [-0.2, 0) is 6.42 Å². The Balaban J connectivity index is 1.61. The highest BCUT2D eigenvalue weighted by Crippen LogP contribution is 2.39. The van der Waals surface area contributed by atoms with Crippen LogP contribution in [0.4, 0.5) is 17.6 Å². The van der Waals surface area contributed by atoms with Crippen LogP contribution in [0.15, 0.2) is 30.3 Å². The van der Waals surface area contributed by atoms with Crippen molar-refractivity contribution in [3.63, 3.8) is 0 Å². The topological polar surface area (TPSA) is 9.23 Å². The molecular weight excluding hydrogens is 404 g/mol. The average molecular weight is 435 g/mol. The maximum atomic E-state index is 14.4. The maximum absolute atomic E-state index is 14.4. The van der Waals surface area contributed by atoms with Gasteiger partial charge in [-0.25, -0.2) is 13.2 Å². The Morgan fingerprint density at radius 1 is 0.871 bits per heavy atom. The van der Waals surface area contributed by atoms with Crippen molar-refractivity contribution in [3.05, 3.63) is 70.3 Å². The lowest BCUT2D eigenvalue weighted by Crippen LogP contribution is -2.13. The standard InChI is InChI=1S/C26H30F4O/c1-3-4-5-6-19-13-14-20(24(28)23(19)27)12-9-17-7-10-18(11-8-17)21-15-16-22(31-2)26(30)25(21)29/h9,12-18H,3-8,10-11H2,1-2H3. The summed E-state index contributed by atoms with van der Waals surface area (Å²) < 4.78 is 62.0. The number of benzene rings is 2. The maximum Gasteiger partial charge on any atom is 0.200 e. The van der Waals surface area contributed by atoms with Gasteiger partial charge in [0.15, 0.2) is 23.2 Å². The van der Waals surface area contributed by atoms with E-state index < -0.39 is 23.3 Å². The van der Waals surface area contributed by atoms with E-state index in [1.54, 1.807) is 24.3 Å². The van der Waals surface area contributed by atoms with Gasteiger partial charge in [-0.1, -0.05) is 50.1 Å². The Morgan fingerprint density at radius 2 is 1.61 bits per heavy atom. The Labute approximate surface area is 182 Å². The zero-order valence-corrected chi connectivity index (χ0v) is 18.2. The molecule has 1 aliphatic rings. The molecule has 1 aliphatic carbocycles. The molecule has 0 unspecified atom stereocenters. The number of hydrogen-bond acceptors (Lipinski definition) is 1. The molecule has 5 heteroatoms. The van der Waals surface area contributed by atoms with Gasteiger partial charge < -0.3 is 4.74 Å². The molecule has 1 fully saturated rings. The minimum absolute atomic E-state index is 0.0540. The summed E-state index contributed by atoms with van der Waals surface area (Å²) in [6.45, 7) is 2.07. The molecule has 1 nitrogen and oxygen atoms in total. The largest absolute Gasteiger partial charge is 0.494 e.